The quantitative estimate of drug-likeness (QED) is 0.799. The van der Waals surface area contributed by atoms with Crippen LogP contribution in [-0.4, -0.2) is 53.2 Å². The minimum Gasteiger partial charge on any atom is -0.351 e. The molecule has 0 spiro atoms. The molecule has 0 aliphatic heterocycles. The van der Waals surface area contributed by atoms with Crippen molar-refractivity contribution in [1.29, 1.82) is 0 Å². The van der Waals surface area contributed by atoms with Crippen molar-refractivity contribution in [1.82, 2.24) is 24.4 Å². The van der Waals surface area contributed by atoms with E-state index in [-0.39, 0.29) is 19.0 Å². The molecule has 9 heteroatoms. The Balaban J connectivity index is 1.97. The molecule has 0 atom stereocenters. The highest BCUT2D eigenvalue weighted by molar-refractivity contribution is 7.88. The van der Waals surface area contributed by atoms with Crippen LogP contribution in [0.1, 0.15) is 5.56 Å². The number of rotatable bonds is 6. The molecular weight excluding hydrogens is 318 g/mol. The Kier molecular flexibility index (Phi) is 5.12. The first-order valence-electron chi connectivity index (χ1n) is 6.86. The molecule has 0 saturated heterocycles. The molecule has 0 radical (unpaired) electrons. The van der Waals surface area contributed by atoms with E-state index in [0.29, 0.717) is 0 Å². The van der Waals surface area contributed by atoms with E-state index in [0.717, 1.165) is 27.3 Å². The molecule has 0 unspecified atom stereocenters. The Labute approximate surface area is 135 Å². The Hall–Kier alpha value is -2.26. The lowest BCUT2D eigenvalue weighted by Gasteiger charge is -2.13. The fourth-order valence-electron chi connectivity index (χ4n) is 1.89. The maximum absolute atomic E-state index is 11.8. The lowest BCUT2D eigenvalue weighted by molar-refractivity contribution is -0.121. The predicted octanol–water partition coefficient (Wildman–Crippen LogP) is -0.0103. The second-order valence-electron chi connectivity index (χ2n) is 5.28. The summed E-state index contributed by atoms with van der Waals surface area (Å²) < 4.78 is 25.2. The molecule has 0 fully saturated rings. The molecule has 124 valence electrons. The molecule has 23 heavy (non-hydrogen) atoms. The molecule has 0 bridgehead atoms. The first-order valence-corrected chi connectivity index (χ1v) is 8.71. The summed E-state index contributed by atoms with van der Waals surface area (Å²) in [6, 6.07) is 1.91. The number of aromatic nitrogens is 3. The highest BCUT2D eigenvalue weighted by Crippen LogP contribution is 2.18. The Morgan fingerprint density at radius 2 is 2.04 bits per heavy atom. The molecule has 8 nitrogen and oxygen atoms in total. The standard InChI is InChI=1S/C14H19N5O3S/c1-18-9-13(8-17-18)12-4-11(5-15-7-12)6-16-14(20)10-19(2)23(3,21)22/h4-5,7-9H,6,10H2,1-3H3,(H,16,20). The summed E-state index contributed by atoms with van der Waals surface area (Å²) in [6.07, 6.45) is 8.04. The van der Waals surface area contributed by atoms with Gasteiger partial charge in [0.1, 0.15) is 0 Å². The zero-order valence-electron chi connectivity index (χ0n) is 13.2. The summed E-state index contributed by atoms with van der Waals surface area (Å²) in [5, 5.41) is 6.79. The summed E-state index contributed by atoms with van der Waals surface area (Å²) in [4.78, 5) is 15.9. The first-order chi connectivity index (χ1) is 10.8. The molecule has 2 heterocycles. The predicted molar refractivity (Wildman–Crippen MR) is 85.8 cm³/mol. The third-order valence-electron chi connectivity index (χ3n) is 3.26. The number of hydrogen-bond acceptors (Lipinski definition) is 5. The van der Waals surface area contributed by atoms with Gasteiger partial charge in [-0.2, -0.15) is 9.40 Å². The first kappa shape index (κ1) is 17.1. The molecule has 1 amide bonds. The molecule has 0 aliphatic carbocycles. The van der Waals surface area contributed by atoms with Crippen LogP contribution in [0.2, 0.25) is 0 Å². The van der Waals surface area contributed by atoms with Crippen molar-refractivity contribution in [2.24, 2.45) is 7.05 Å². The number of aryl methyl sites for hydroxylation is 1. The number of likely N-dealkylation sites (N-methyl/N-ethyl adjacent to an activating group) is 1. The average Bonchev–Trinajstić information content (AvgIpc) is 2.91. The maximum Gasteiger partial charge on any atom is 0.235 e. The minimum atomic E-state index is -3.37. The maximum atomic E-state index is 11.8. The summed E-state index contributed by atoms with van der Waals surface area (Å²) in [6.45, 7) is 0.0616. The monoisotopic (exact) mass is 337 g/mol. The van der Waals surface area contributed by atoms with Gasteiger partial charge in [0, 0.05) is 50.4 Å². The van der Waals surface area contributed by atoms with Crippen molar-refractivity contribution in [2.75, 3.05) is 19.8 Å². The fourth-order valence-corrected chi connectivity index (χ4v) is 2.24. The van der Waals surface area contributed by atoms with Crippen molar-refractivity contribution in [3.05, 3.63) is 36.4 Å². The van der Waals surface area contributed by atoms with Gasteiger partial charge >= 0.3 is 0 Å². The van der Waals surface area contributed by atoms with Gasteiger partial charge in [-0.3, -0.25) is 14.5 Å². The van der Waals surface area contributed by atoms with Crippen LogP contribution in [-0.2, 0) is 28.4 Å². The van der Waals surface area contributed by atoms with Gasteiger partial charge in [-0.1, -0.05) is 0 Å². The van der Waals surface area contributed by atoms with Crippen molar-refractivity contribution < 1.29 is 13.2 Å². The van der Waals surface area contributed by atoms with E-state index in [1.54, 1.807) is 23.3 Å². The van der Waals surface area contributed by atoms with Crippen molar-refractivity contribution in [3.8, 4) is 11.1 Å². The molecule has 2 aromatic heterocycles. The molecular formula is C14H19N5O3S. The smallest absolute Gasteiger partial charge is 0.235 e. The number of amides is 1. The van der Waals surface area contributed by atoms with Gasteiger partial charge in [0.25, 0.3) is 0 Å². The van der Waals surface area contributed by atoms with Gasteiger partial charge in [-0.15, -0.1) is 0 Å². The van der Waals surface area contributed by atoms with Crippen molar-refractivity contribution in [3.63, 3.8) is 0 Å². The third kappa shape index (κ3) is 4.86. The lowest BCUT2D eigenvalue weighted by atomic mass is 10.1. The number of nitrogens with one attached hydrogen (secondary N) is 1. The van der Waals surface area contributed by atoms with Crippen LogP contribution >= 0.6 is 0 Å². The van der Waals surface area contributed by atoms with E-state index in [9.17, 15) is 13.2 Å². The van der Waals surface area contributed by atoms with Crippen molar-refractivity contribution >= 4 is 15.9 Å². The fraction of sp³-hybridized carbons (Fsp3) is 0.357. The van der Waals surface area contributed by atoms with E-state index in [1.807, 2.05) is 19.3 Å². The van der Waals surface area contributed by atoms with Gasteiger partial charge < -0.3 is 5.32 Å². The largest absolute Gasteiger partial charge is 0.351 e. The minimum absolute atomic E-state index is 0.214. The molecule has 0 aromatic carbocycles. The molecule has 2 aromatic rings. The topological polar surface area (TPSA) is 97.2 Å². The highest BCUT2D eigenvalue weighted by Gasteiger charge is 2.14. The van der Waals surface area contributed by atoms with E-state index in [2.05, 4.69) is 15.4 Å². The summed E-state index contributed by atoms with van der Waals surface area (Å²) >= 11 is 0. The van der Waals surface area contributed by atoms with Gasteiger partial charge in [0.15, 0.2) is 0 Å². The Bertz CT molecular complexity index is 800. The highest BCUT2D eigenvalue weighted by atomic mass is 32.2. The number of hydrogen-bond donors (Lipinski definition) is 1. The van der Waals surface area contributed by atoms with Crippen LogP contribution in [0.25, 0.3) is 11.1 Å². The van der Waals surface area contributed by atoms with Crippen LogP contribution in [0.5, 0.6) is 0 Å². The number of pyridine rings is 1. The SMILES string of the molecule is CN(CC(=O)NCc1cncc(-c2cnn(C)c2)c1)S(C)(=O)=O. The summed E-state index contributed by atoms with van der Waals surface area (Å²) in [7, 11) is -0.177. The number of carbonyl (C=O) groups is 1. The van der Waals surface area contributed by atoms with E-state index >= 15 is 0 Å². The summed E-state index contributed by atoms with van der Waals surface area (Å²) in [5.74, 6) is -0.371. The van der Waals surface area contributed by atoms with Gasteiger partial charge in [-0.05, 0) is 11.6 Å². The zero-order chi connectivity index (χ0) is 17.0. The zero-order valence-corrected chi connectivity index (χ0v) is 14.0. The second-order valence-corrected chi connectivity index (χ2v) is 7.37. The number of sulfonamides is 1. The molecule has 1 N–H and O–H groups in total. The van der Waals surface area contributed by atoms with Crippen LogP contribution in [0, 0.1) is 0 Å². The van der Waals surface area contributed by atoms with Crippen LogP contribution in [0.3, 0.4) is 0 Å². The van der Waals surface area contributed by atoms with Gasteiger partial charge in [0.05, 0.1) is 19.0 Å². The van der Waals surface area contributed by atoms with E-state index < -0.39 is 10.0 Å². The summed E-state index contributed by atoms with van der Waals surface area (Å²) in [5.41, 5.74) is 2.66. The van der Waals surface area contributed by atoms with Crippen LogP contribution in [0.4, 0.5) is 0 Å². The normalized spacial score (nSPS) is 11.7. The molecule has 2 rings (SSSR count). The van der Waals surface area contributed by atoms with Crippen molar-refractivity contribution in [2.45, 2.75) is 6.54 Å². The van der Waals surface area contributed by atoms with Gasteiger partial charge in [-0.25, -0.2) is 8.42 Å². The van der Waals surface area contributed by atoms with E-state index in [1.165, 1.54) is 7.05 Å². The van der Waals surface area contributed by atoms with E-state index in [4.69, 9.17) is 0 Å². The third-order valence-corrected chi connectivity index (χ3v) is 4.52. The van der Waals surface area contributed by atoms with Gasteiger partial charge in [0.2, 0.25) is 15.9 Å². The molecule has 0 saturated carbocycles. The number of nitrogens with zero attached hydrogens (tertiary/aromatic N) is 4. The molecule has 0 aliphatic rings. The number of carbonyl (C=O) groups excluding carboxylic acids is 1. The Morgan fingerprint density at radius 1 is 1.30 bits per heavy atom. The van der Waals surface area contributed by atoms with Crippen LogP contribution < -0.4 is 5.32 Å². The average molecular weight is 337 g/mol. The lowest BCUT2D eigenvalue weighted by Crippen LogP contribution is -2.37. The Morgan fingerprint density at radius 3 is 2.65 bits per heavy atom. The van der Waals surface area contributed by atoms with Crippen LogP contribution in [0.15, 0.2) is 30.9 Å². The second kappa shape index (κ2) is 6.88.